The Labute approximate surface area is 98.8 Å². The fourth-order valence-electron chi connectivity index (χ4n) is 1.27. The Morgan fingerprint density at radius 2 is 2.15 bits per heavy atom. The molecule has 0 aliphatic carbocycles. The zero-order valence-electron chi connectivity index (χ0n) is 7.82. The fraction of sp³-hybridized carbons (Fsp3) is 0.455. The monoisotopic (exact) mass is 308 g/mol. The lowest BCUT2D eigenvalue weighted by molar-refractivity contribution is 0.920. The normalized spacial score (nSPS) is 10.4. The van der Waals surface area contributed by atoms with Crippen molar-refractivity contribution in [1.82, 2.24) is 0 Å². The van der Waals surface area contributed by atoms with Crippen molar-refractivity contribution in [3.05, 3.63) is 32.9 Å². The minimum Gasteiger partial charge on any atom is -0.127 e. The van der Waals surface area contributed by atoms with Crippen LogP contribution in [0.2, 0.25) is 0 Å². The Kier molecular flexibility index (Phi) is 5.10. The van der Waals surface area contributed by atoms with Crippen molar-refractivity contribution < 1.29 is 0 Å². The summed E-state index contributed by atoms with van der Waals surface area (Å²) in [6.07, 6.45) is 3.29. The highest BCUT2D eigenvalue weighted by atomic mass is 127. The molecule has 0 aliphatic heterocycles. The van der Waals surface area contributed by atoms with Gasteiger partial charge in [-0.2, -0.15) is 0 Å². The smallest absolute Gasteiger partial charge is 0.0226 e. The molecule has 0 unspecified atom stereocenters. The maximum absolute atomic E-state index is 5.66. The van der Waals surface area contributed by atoms with E-state index in [1.54, 1.807) is 0 Å². The average Bonchev–Trinajstić information content (AvgIpc) is 2.16. The number of alkyl halides is 1. The van der Waals surface area contributed by atoms with Gasteiger partial charge in [-0.3, -0.25) is 0 Å². The van der Waals surface area contributed by atoms with Crippen LogP contribution < -0.4 is 0 Å². The van der Waals surface area contributed by atoms with Gasteiger partial charge in [-0.25, -0.2) is 0 Å². The summed E-state index contributed by atoms with van der Waals surface area (Å²) >= 11 is 8.07. The minimum atomic E-state index is 0.756. The lowest BCUT2D eigenvalue weighted by Crippen LogP contribution is -1.92. The van der Waals surface area contributed by atoms with Gasteiger partial charge < -0.3 is 0 Å². The lowest BCUT2D eigenvalue weighted by Gasteiger charge is -2.05. The summed E-state index contributed by atoms with van der Waals surface area (Å²) in [4.78, 5) is 0. The number of benzene rings is 1. The van der Waals surface area contributed by atoms with E-state index in [-0.39, 0.29) is 0 Å². The van der Waals surface area contributed by atoms with Gasteiger partial charge in [0.1, 0.15) is 0 Å². The molecule has 13 heavy (non-hydrogen) atoms. The molecular weight excluding hydrogens is 294 g/mol. The number of halogens is 2. The fourth-order valence-corrected chi connectivity index (χ4v) is 2.25. The van der Waals surface area contributed by atoms with Gasteiger partial charge >= 0.3 is 0 Å². The molecule has 0 aromatic heterocycles. The van der Waals surface area contributed by atoms with Gasteiger partial charge in [0.05, 0.1) is 0 Å². The maximum atomic E-state index is 5.66. The molecule has 0 heterocycles. The summed E-state index contributed by atoms with van der Waals surface area (Å²) < 4.78 is 1.38. The van der Waals surface area contributed by atoms with Crippen molar-refractivity contribution in [1.29, 1.82) is 0 Å². The van der Waals surface area contributed by atoms with Gasteiger partial charge in [-0.05, 0) is 59.0 Å². The van der Waals surface area contributed by atoms with Crippen LogP contribution in [0, 0.1) is 3.57 Å². The number of aryl methyl sites for hydroxylation is 2. The van der Waals surface area contributed by atoms with E-state index in [0.717, 1.165) is 25.1 Å². The summed E-state index contributed by atoms with van der Waals surface area (Å²) in [5.41, 5.74) is 2.84. The molecule has 0 spiro atoms. The van der Waals surface area contributed by atoms with Crippen LogP contribution >= 0.6 is 34.2 Å². The zero-order valence-corrected chi connectivity index (χ0v) is 10.7. The second-order valence-corrected chi connectivity index (χ2v) is 4.61. The van der Waals surface area contributed by atoms with Crippen LogP contribution in [0.25, 0.3) is 0 Å². The van der Waals surface area contributed by atoms with Crippen LogP contribution in [0.4, 0.5) is 0 Å². The molecule has 0 nitrogen and oxygen atoms in total. The molecule has 72 valence electrons. The molecule has 0 N–H and O–H groups in total. The molecule has 0 aliphatic rings. The first-order valence-electron chi connectivity index (χ1n) is 4.61. The predicted octanol–water partition coefficient (Wildman–Crippen LogP) is 4.03. The molecule has 0 fully saturated rings. The van der Waals surface area contributed by atoms with Gasteiger partial charge in [-0.1, -0.05) is 19.1 Å². The molecule has 0 amide bonds. The molecule has 0 bridgehead atoms. The van der Waals surface area contributed by atoms with E-state index in [1.807, 2.05) is 0 Å². The van der Waals surface area contributed by atoms with Crippen LogP contribution in [0.3, 0.4) is 0 Å². The number of hydrogen-bond acceptors (Lipinski definition) is 0. The van der Waals surface area contributed by atoms with Gasteiger partial charge in [0, 0.05) is 9.45 Å². The number of hydrogen-bond donors (Lipinski definition) is 0. The van der Waals surface area contributed by atoms with Gasteiger partial charge in [0.25, 0.3) is 0 Å². The lowest BCUT2D eigenvalue weighted by atomic mass is 10.1. The highest BCUT2D eigenvalue weighted by Gasteiger charge is 1.99. The zero-order chi connectivity index (χ0) is 9.68. The Hall–Kier alpha value is 0.240. The van der Waals surface area contributed by atoms with Crippen molar-refractivity contribution >= 4 is 34.2 Å². The van der Waals surface area contributed by atoms with Gasteiger partial charge in [0.2, 0.25) is 0 Å². The van der Waals surface area contributed by atoms with E-state index in [2.05, 4.69) is 47.7 Å². The Morgan fingerprint density at radius 1 is 1.38 bits per heavy atom. The van der Waals surface area contributed by atoms with E-state index >= 15 is 0 Å². The summed E-state index contributed by atoms with van der Waals surface area (Å²) in [5, 5.41) is 0. The first kappa shape index (κ1) is 11.3. The van der Waals surface area contributed by atoms with Crippen LogP contribution in [-0.4, -0.2) is 5.88 Å². The van der Waals surface area contributed by atoms with Crippen molar-refractivity contribution in [2.24, 2.45) is 0 Å². The predicted molar refractivity (Wildman–Crippen MR) is 67.6 cm³/mol. The van der Waals surface area contributed by atoms with E-state index in [1.165, 1.54) is 14.7 Å². The first-order valence-corrected chi connectivity index (χ1v) is 6.22. The summed E-state index contributed by atoms with van der Waals surface area (Å²) in [5.74, 6) is 0.756. The Morgan fingerprint density at radius 3 is 2.69 bits per heavy atom. The summed E-state index contributed by atoms with van der Waals surface area (Å²) in [6.45, 7) is 2.18. The highest BCUT2D eigenvalue weighted by Crippen LogP contribution is 2.16. The largest absolute Gasteiger partial charge is 0.127 e. The quantitative estimate of drug-likeness (QED) is 0.582. The third-order valence-corrected chi connectivity index (χ3v) is 3.38. The molecule has 0 saturated heterocycles. The summed E-state index contributed by atoms with van der Waals surface area (Å²) in [7, 11) is 0. The third kappa shape index (κ3) is 3.47. The van der Waals surface area contributed by atoms with Crippen molar-refractivity contribution in [3.63, 3.8) is 0 Å². The molecule has 1 aromatic rings. The maximum Gasteiger partial charge on any atom is 0.0226 e. The summed E-state index contributed by atoms with van der Waals surface area (Å²) in [6, 6.07) is 6.71. The second-order valence-electron chi connectivity index (χ2n) is 3.07. The number of rotatable bonds is 4. The van der Waals surface area contributed by atoms with Crippen molar-refractivity contribution in [3.8, 4) is 0 Å². The van der Waals surface area contributed by atoms with E-state index < -0.39 is 0 Å². The van der Waals surface area contributed by atoms with Gasteiger partial charge in [0.15, 0.2) is 0 Å². The average molecular weight is 309 g/mol. The Balaban J connectivity index is 2.73. The van der Waals surface area contributed by atoms with Crippen LogP contribution in [0.5, 0.6) is 0 Å². The van der Waals surface area contributed by atoms with Crippen LogP contribution in [0.1, 0.15) is 24.5 Å². The molecule has 1 rings (SSSR count). The van der Waals surface area contributed by atoms with E-state index in [9.17, 15) is 0 Å². The highest BCUT2D eigenvalue weighted by molar-refractivity contribution is 14.1. The molecule has 1 aromatic carbocycles. The molecular formula is C11H14ClI. The first-order chi connectivity index (χ1) is 6.27. The Bertz CT molecular complexity index is 271. The standard InChI is InChI=1S/C11H14ClI/c1-2-9-5-6-10(4-3-7-12)11(13)8-9/h5-6,8H,2-4,7H2,1H3. The molecule has 0 atom stereocenters. The molecule has 0 radical (unpaired) electrons. The minimum absolute atomic E-state index is 0.756. The topological polar surface area (TPSA) is 0 Å². The molecule has 2 heteroatoms. The second kappa shape index (κ2) is 5.86. The van der Waals surface area contributed by atoms with Crippen molar-refractivity contribution in [2.75, 3.05) is 5.88 Å². The van der Waals surface area contributed by atoms with Crippen molar-refractivity contribution in [2.45, 2.75) is 26.2 Å². The van der Waals surface area contributed by atoms with E-state index in [4.69, 9.17) is 11.6 Å². The van der Waals surface area contributed by atoms with Crippen LogP contribution in [-0.2, 0) is 12.8 Å². The van der Waals surface area contributed by atoms with E-state index in [0.29, 0.717) is 0 Å². The molecule has 0 saturated carbocycles. The van der Waals surface area contributed by atoms with Crippen LogP contribution in [0.15, 0.2) is 18.2 Å². The third-order valence-electron chi connectivity index (χ3n) is 2.11. The van der Waals surface area contributed by atoms with Gasteiger partial charge in [-0.15, -0.1) is 11.6 Å². The SMILES string of the molecule is CCc1ccc(CCCCl)c(I)c1.